The third-order valence-electron chi connectivity index (χ3n) is 1.77. The van der Waals surface area contributed by atoms with Crippen molar-refractivity contribution in [3.05, 3.63) is 35.9 Å². The van der Waals surface area contributed by atoms with E-state index in [-0.39, 0.29) is 6.42 Å². The Morgan fingerprint density at radius 3 is 2.47 bits per heavy atom. The maximum Gasteiger partial charge on any atom is 0.451 e. The number of hydrogen-bond donors (Lipinski definition) is 0. The summed E-state index contributed by atoms with van der Waals surface area (Å²) in [5, 5.41) is 0. The first-order valence-electron chi connectivity index (χ1n) is 4.56. The van der Waals surface area contributed by atoms with Gasteiger partial charge in [0.05, 0.1) is 7.11 Å². The summed E-state index contributed by atoms with van der Waals surface area (Å²) in [6.07, 6.45) is 0.484. The number of ether oxygens (including phenoxy) is 1. The normalized spacial score (nSPS) is 11.8. The van der Waals surface area contributed by atoms with Crippen LogP contribution in [0.25, 0.3) is 0 Å². The monoisotopic (exact) mass is 246 g/mol. The second-order valence-electron chi connectivity index (χ2n) is 3.04. The molecule has 0 saturated carbocycles. The minimum absolute atomic E-state index is 0.257. The van der Waals surface area contributed by atoms with Crippen LogP contribution in [0.2, 0.25) is 0 Å². The van der Waals surface area contributed by atoms with E-state index in [1.807, 2.05) is 0 Å². The Kier molecular flexibility index (Phi) is 4.19. The SMILES string of the molecule is COC(=O)/C=C/Cc1cnc(C(F)(F)F)nc1. The molecule has 1 aromatic rings. The molecule has 92 valence electrons. The molecule has 1 heterocycles. The molecule has 0 spiro atoms. The summed E-state index contributed by atoms with van der Waals surface area (Å²) in [5.41, 5.74) is 0.471. The molecule has 0 radical (unpaired) electrons. The summed E-state index contributed by atoms with van der Waals surface area (Å²) in [4.78, 5) is 17.1. The fourth-order valence-corrected chi connectivity index (χ4v) is 0.966. The Hall–Kier alpha value is -1.92. The van der Waals surface area contributed by atoms with E-state index in [1.165, 1.54) is 19.3 Å². The molecule has 7 heteroatoms. The first kappa shape index (κ1) is 13.1. The van der Waals surface area contributed by atoms with Crippen LogP contribution in [0.3, 0.4) is 0 Å². The zero-order valence-electron chi connectivity index (χ0n) is 8.86. The van der Waals surface area contributed by atoms with Gasteiger partial charge in [0.15, 0.2) is 0 Å². The van der Waals surface area contributed by atoms with Gasteiger partial charge in [-0.25, -0.2) is 14.8 Å². The Balaban J connectivity index is 2.63. The highest BCUT2D eigenvalue weighted by Gasteiger charge is 2.34. The van der Waals surface area contributed by atoms with E-state index in [9.17, 15) is 18.0 Å². The average Bonchev–Trinajstić information content (AvgIpc) is 2.28. The number of alkyl halides is 3. The highest BCUT2D eigenvalue weighted by molar-refractivity contribution is 5.81. The zero-order valence-corrected chi connectivity index (χ0v) is 8.86. The van der Waals surface area contributed by atoms with E-state index < -0.39 is 18.0 Å². The number of hydrogen-bond acceptors (Lipinski definition) is 4. The quantitative estimate of drug-likeness (QED) is 0.602. The predicted molar refractivity (Wildman–Crippen MR) is 51.9 cm³/mol. The summed E-state index contributed by atoms with van der Waals surface area (Å²) in [7, 11) is 1.23. The third kappa shape index (κ3) is 4.21. The maximum absolute atomic E-state index is 12.1. The van der Waals surface area contributed by atoms with Gasteiger partial charge in [0.1, 0.15) is 0 Å². The van der Waals surface area contributed by atoms with Crippen LogP contribution in [0, 0.1) is 0 Å². The van der Waals surface area contributed by atoms with Crippen LogP contribution in [-0.2, 0) is 22.1 Å². The summed E-state index contributed by atoms with van der Waals surface area (Å²) in [6.45, 7) is 0. The number of carbonyl (C=O) groups is 1. The van der Waals surface area contributed by atoms with Crippen molar-refractivity contribution >= 4 is 5.97 Å². The Bertz CT molecular complexity index is 413. The number of halogens is 3. The van der Waals surface area contributed by atoms with Crippen molar-refractivity contribution in [1.82, 2.24) is 9.97 Å². The van der Waals surface area contributed by atoms with Gasteiger partial charge in [-0.15, -0.1) is 0 Å². The minimum Gasteiger partial charge on any atom is -0.466 e. The van der Waals surface area contributed by atoms with Gasteiger partial charge in [-0.2, -0.15) is 13.2 Å². The van der Waals surface area contributed by atoms with Gasteiger partial charge >= 0.3 is 12.1 Å². The van der Waals surface area contributed by atoms with Gasteiger partial charge in [-0.05, 0) is 12.0 Å². The Morgan fingerprint density at radius 1 is 1.41 bits per heavy atom. The highest BCUT2D eigenvalue weighted by Crippen LogP contribution is 2.25. The van der Waals surface area contributed by atoms with E-state index in [4.69, 9.17) is 0 Å². The van der Waals surface area contributed by atoms with Gasteiger partial charge < -0.3 is 4.74 Å². The van der Waals surface area contributed by atoms with Crippen LogP contribution in [0.4, 0.5) is 13.2 Å². The van der Waals surface area contributed by atoms with Crippen molar-refractivity contribution < 1.29 is 22.7 Å². The van der Waals surface area contributed by atoms with Gasteiger partial charge in [0, 0.05) is 18.5 Å². The fraction of sp³-hybridized carbons (Fsp3) is 0.300. The summed E-state index contributed by atoms with van der Waals surface area (Å²) < 4.78 is 40.7. The van der Waals surface area contributed by atoms with Crippen LogP contribution in [-0.4, -0.2) is 23.0 Å². The van der Waals surface area contributed by atoms with Gasteiger partial charge in [0.2, 0.25) is 5.82 Å². The van der Waals surface area contributed by atoms with Crippen LogP contribution in [0.5, 0.6) is 0 Å². The topological polar surface area (TPSA) is 52.1 Å². The van der Waals surface area contributed by atoms with Crippen LogP contribution in [0.15, 0.2) is 24.5 Å². The van der Waals surface area contributed by atoms with E-state index in [0.29, 0.717) is 5.56 Å². The Morgan fingerprint density at radius 2 is 2.00 bits per heavy atom. The number of allylic oxidation sites excluding steroid dienone is 1. The second kappa shape index (κ2) is 5.42. The van der Waals surface area contributed by atoms with E-state index in [2.05, 4.69) is 14.7 Å². The lowest BCUT2D eigenvalue weighted by atomic mass is 10.2. The molecular formula is C10H9F3N2O2. The van der Waals surface area contributed by atoms with Crippen molar-refractivity contribution in [2.45, 2.75) is 12.6 Å². The van der Waals surface area contributed by atoms with Crippen molar-refractivity contribution in [3.8, 4) is 0 Å². The molecule has 0 aromatic carbocycles. The van der Waals surface area contributed by atoms with Crippen molar-refractivity contribution in [1.29, 1.82) is 0 Å². The molecule has 4 nitrogen and oxygen atoms in total. The molecule has 0 aliphatic rings. The lowest BCUT2D eigenvalue weighted by Crippen LogP contribution is -2.10. The van der Waals surface area contributed by atoms with Crippen LogP contribution < -0.4 is 0 Å². The number of rotatable bonds is 3. The average molecular weight is 246 g/mol. The van der Waals surface area contributed by atoms with Gasteiger partial charge in [-0.3, -0.25) is 0 Å². The largest absolute Gasteiger partial charge is 0.466 e. The molecule has 0 amide bonds. The first-order chi connectivity index (χ1) is 7.93. The molecule has 0 atom stereocenters. The second-order valence-corrected chi connectivity index (χ2v) is 3.04. The maximum atomic E-state index is 12.1. The molecule has 17 heavy (non-hydrogen) atoms. The molecule has 0 N–H and O–H groups in total. The number of carbonyl (C=O) groups excluding carboxylic acids is 1. The molecule has 1 aromatic heterocycles. The fourth-order valence-electron chi connectivity index (χ4n) is 0.966. The lowest BCUT2D eigenvalue weighted by Gasteiger charge is -2.03. The molecule has 0 fully saturated rings. The number of aromatic nitrogens is 2. The Labute approximate surface area is 95.1 Å². The van der Waals surface area contributed by atoms with Crippen molar-refractivity contribution in [2.75, 3.05) is 7.11 Å². The standard InChI is InChI=1S/C10H9F3N2O2/c1-17-8(16)4-2-3-7-5-14-9(15-6-7)10(11,12)13/h2,4-6H,3H2,1H3/b4-2+. The van der Waals surface area contributed by atoms with Crippen LogP contribution >= 0.6 is 0 Å². The van der Waals surface area contributed by atoms with E-state index >= 15 is 0 Å². The lowest BCUT2D eigenvalue weighted by molar-refractivity contribution is -0.145. The van der Waals surface area contributed by atoms with E-state index in [1.54, 1.807) is 0 Å². The molecular weight excluding hydrogens is 237 g/mol. The molecule has 0 saturated heterocycles. The smallest absolute Gasteiger partial charge is 0.451 e. The molecule has 1 rings (SSSR count). The predicted octanol–water partition coefficient (Wildman–Crippen LogP) is 1.77. The summed E-state index contributed by atoms with van der Waals surface area (Å²) >= 11 is 0. The minimum atomic E-state index is -4.54. The van der Waals surface area contributed by atoms with Gasteiger partial charge in [0.25, 0.3) is 0 Å². The number of esters is 1. The number of methoxy groups -OCH3 is 1. The molecule has 0 unspecified atom stereocenters. The van der Waals surface area contributed by atoms with Crippen molar-refractivity contribution in [3.63, 3.8) is 0 Å². The number of nitrogens with zero attached hydrogens (tertiary/aromatic N) is 2. The first-order valence-corrected chi connectivity index (χ1v) is 4.56. The molecule has 0 bridgehead atoms. The zero-order chi connectivity index (χ0) is 12.9. The van der Waals surface area contributed by atoms with Crippen LogP contribution in [0.1, 0.15) is 11.4 Å². The summed E-state index contributed by atoms with van der Waals surface area (Å²) in [6, 6.07) is 0. The highest BCUT2D eigenvalue weighted by atomic mass is 19.4. The molecule has 0 aliphatic carbocycles. The van der Waals surface area contributed by atoms with Gasteiger partial charge in [-0.1, -0.05) is 6.08 Å². The van der Waals surface area contributed by atoms with Crippen molar-refractivity contribution in [2.24, 2.45) is 0 Å². The summed E-state index contributed by atoms with van der Waals surface area (Å²) in [5.74, 6) is -1.71. The van der Waals surface area contributed by atoms with E-state index in [0.717, 1.165) is 12.4 Å². The third-order valence-corrected chi connectivity index (χ3v) is 1.77. The molecule has 0 aliphatic heterocycles.